The second-order valence-electron chi connectivity index (χ2n) is 7.78. The van der Waals surface area contributed by atoms with Crippen LogP contribution in [-0.4, -0.2) is 12.6 Å². The molecule has 0 saturated heterocycles. The van der Waals surface area contributed by atoms with E-state index in [0.29, 0.717) is 0 Å². The molecule has 3 heteroatoms. The van der Waals surface area contributed by atoms with Crippen molar-refractivity contribution in [3.63, 3.8) is 0 Å². The maximum absolute atomic E-state index is 6.45. The third kappa shape index (κ3) is 2.82. The van der Waals surface area contributed by atoms with Gasteiger partial charge in [0.25, 0.3) is 0 Å². The Kier molecular flexibility index (Phi) is 4.26. The molecule has 140 valence electrons. The summed E-state index contributed by atoms with van der Waals surface area (Å²) in [6.07, 6.45) is 5.98. The molecule has 4 rings (SSSR count). The van der Waals surface area contributed by atoms with E-state index in [1.165, 1.54) is 28.0 Å². The van der Waals surface area contributed by atoms with E-state index in [0.717, 1.165) is 29.9 Å². The van der Waals surface area contributed by atoms with Crippen LogP contribution in [0.3, 0.4) is 0 Å². The van der Waals surface area contributed by atoms with E-state index in [1.807, 2.05) is 24.3 Å². The van der Waals surface area contributed by atoms with E-state index in [4.69, 9.17) is 9.47 Å². The minimum absolute atomic E-state index is 0.0509. The van der Waals surface area contributed by atoms with Gasteiger partial charge < -0.3 is 14.8 Å². The maximum atomic E-state index is 6.45. The normalized spacial score (nSPS) is 18.8. The van der Waals surface area contributed by atoms with Crippen LogP contribution in [0.25, 0.3) is 16.7 Å². The largest absolute Gasteiger partial charge is 0.496 e. The minimum atomic E-state index is -0.0639. The van der Waals surface area contributed by atoms with Crippen molar-refractivity contribution in [2.45, 2.75) is 45.3 Å². The summed E-state index contributed by atoms with van der Waals surface area (Å²) in [6.45, 7) is 10.6. The standard InChI is InChI=1S/C24H27NO2/c1-6-9-19-23-16(22-18(26-5)10-8-11-20(22)27-19)12-13-17-21(23)15(7-2)14-24(3,4)25-17/h6,8,10-14,19,25H,1,7,9H2,2-5H3. The van der Waals surface area contributed by atoms with Crippen LogP contribution in [0.2, 0.25) is 0 Å². The molecule has 0 saturated carbocycles. The van der Waals surface area contributed by atoms with Gasteiger partial charge in [-0.2, -0.15) is 0 Å². The molecule has 27 heavy (non-hydrogen) atoms. The van der Waals surface area contributed by atoms with Gasteiger partial charge in [-0.3, -0.25) is 0 Å². The minimum Gasteiger partial charge on any atom is -0.496 e. The molecule has 2 aromatic rings. The summed E-state index contributed by atoms with van der Waals surface area (Å²) in [5.41, 5.74) is 7.22. The number of fused-ring (bicyclic) bond motifs is 5. The summed E-state index contributed by atoms with van der Waals surface area (Å²) in [6, 6.07) is 10.4. The zero-order valence-electron chi connectivity index (χ0n) is 16.6. The molecule has 0 bridgehead atoms. The van der Waals surface area contributed by atoms with Crippen molar-refractivity contribution in [2.24, 2.45) is 0 Å². The summed E-state index contributed by atoms with van der Waals surface area (Å²) >= 11 is 0. The molecule has 2 aliphatic heterocycles. The molecule has 2 aromatic carbocycles. The van der Waals surface area contributed by atoms with Crippen LogP contribution >= 0.6 is 0 Å². The molecule has 0 amide bonds. The number of hydrogen-bond acceptors (Lipinski definition) is 3. The van der Waals surface area contributed by atoms with Gasteiger partial charge in [-0.1, -0.05) is 31.2 Å². The van der Waals surface area contributed by atoms with Crippen molar-refractivity contribution >= 4 is 11.3 Å². The van der Waals surface area contributed by atoms with Gasteiger partial charge in [-0.25, -0.2) is 0 Å². The molecule has 1 atom stereocenters. The van der Waals surface area contributed by atoms with Crippen molar-refractivity contribution < 1.29 is 9.47 Å². The number of ether oxygens (including phenoxy) is 2. The first-order chi connectivity index (χ1) is 13.0. The Hall–Kier alpha value is -2.68. The van der Waals surface area contributed by atoms with E-state index in [-0.39, 0.29) is 11.6 Å². The lowest BCUT2D eigenvalue weighted by molar-refractivity contribution is 0.204. The zero-order valence-corrected chi connectivity index (χ0v) is 16.6. The smallest absolute Gasteiger partial charge is 0.131 e. The van der Waals surface area contributed by atoms with E-state index >= 15 is 0 Å². The highest BCUT2D eigenvalue weighted by molar-refractivity contribution is 5.91. The molecule has 3 nitrogen and oxygen atoms in total. The SMILES string of the molecule is C=CCC1Oc2cccc(OC)c2-c2ccc3c(c21)C(CC)=CC(C)(C)N3. The van der Waals surface area contributed by atoms with Crippen molar-refractivity contribution in [3.8, 4) is 22.6 Å². The van der Waals surface area contributed by atoms with Crippen LogP contribution < -0.4 is 14.8 Å². The molecular weight excluding hydrogens is 334 g/mol. The molecule has 2 heterocycles. The number of anilines is 1. The summed E-state index contributed by atoms with van der Waals surface area (Å²) in [4.78, 5) is 0. The summed E-state index contributed by atoms with van der Waals surface area (Å²) in [7, 11) is 1.71. The topological polar surface area (TPSA) is 30.5 Å². The highest BCUT2D eigenvalue weighted by Crippen LogP contribution is 2.52. The van der Waals surface area contributed by atoms with Gasteiger partial charge in [0.2, 0.25) is 0 Å². The zero-order chi connectivity index (χ0) is 19.2. The molecular formula is C24H27NO2. The van der Waals surface area contributed by atoms with Gasteiger partial charge in [-0.15, -0.1) is 6.58 Å². The summed E-state index contributed by atoms with van der Waals surface area (Å²) in [5, 5.41) is 3.68. The number of hydrogen-bond donors (Lipinski definition) is 1. The molecule has 1 N–H and O–H groups in total. The van der Waals surface area contributed by atoms with E-state index in [2.05, 4.69) is 50.9 Å². The third-order valence-corrected chi connectivity index (χ3v) is 5.39. The predicted octanol–water partition coefficient (Wildman–Crippen LogP) is 6.37. The summed E-state index contributed by atoms with van der Waals surface area (Å²) < 4.78 is 12.1. The third-order valence-electron chi connectivity index (χ3n) is 5.39. The Labute approximate surface area is 161 Å². The summed E-state index contributed by atoms with van der Waals surface area (Å²) in [5.74, 6) is 1.72. The van der Waals surface area contributed by atoms with Crippen LogP contribution in [0.15, 0.2) is 49.1 Å². The first-order valence-corrected chi connectivity index (χ1v) is 9.61. The van der Waals surface area contributed by atoms with Crippen LogP contribution in [0, 0.1) is 0 Å². The van der Waals surface area contributed by atoms with Crippen LogP contribution in [-0.2, 0) is 0 Å². The van der Waals surface area contributed by atoms with Gasteiger partial charge >= 0.3 is 0 Å². The van der Waals surface area contributed by atoms with Gasteiger partial charge in [0.15, 0.2) is 0 Å². The Morgan fingerprint density at radius 2 is 2.04 bits per heavy atom. The molecule has 0 radical (unpaired) electrons. The van der Waals surface area contributed by atoms with Gasteiger partial charge in [0, 0.05) is 23.2 Å². The molecule has 2 aliphatic rings. The number of nitrogens with one attached hydrogen (secondary N) is 1. The number of rotatable bonds is 4. The first kappa shape index (κ1) is 17.7. The highest BCUT2D eigenvalue weighted by atomic mass is 16.5. The Bertz CT molecular complexity index is 940. The molecule has 0 spiro atoms. The monoisotopic (exact) mass is 361 g/mol. The molecule has 0 aromatic heterocycles. The van der Waals surface area contributed by atoms with Crippen LogP contribution in [0.1, 0.15) is 50.8 Å². The number of allylic oxidation sites excluding steroid dienone is 1. The van der Waals surface area contributed by atoms with E-state index in [9.17, 15) is 0 Å². The van der Waals surface area contributed by atoms with Crippen LogP contribution in [0.4, 0.5) is 5.69 Å². The second-order valence-corrected chi connectivity index (χ2v) is 7.78. The fourth-order valence-corrected chi connectivity index (χ4v) is 4.37. The average molecular weight is 361 g/mol. The Balaban J connectivity index is 2.03. The molecule has 0 aliphatic carbocycles. The number of methoxy groups -OCH3 is 1. The predicted molar refractivity (Wildman–Crippen MR) is 113 cm³/mol. The average Bonchev–Trinajstić information content (AvgIpc) is 2.65. The highest BCUT2D eigenvalue weighted by Gasteiger charge is 2.34. The van der Waals surface area contributed by atoms with Crippen molar-refractivity contribution in [2.75, 3.05) is 12.4 Å². The first-order valence-electron chi connectivity index (χ1n) is 9.61. The Morgan fingerprint density at radius 1 is 1.22 bits per heavy atom. The lowest BCUT2D eigenvalue weighted by Gasteiger charge is -2.37. The molecule has 1 unspecified atom stereocenters. The fraction of sp³-hybridized carbons (Fsp3) is 0.333. The maximum Gasteiger partial charge on any atom is 0.131 e. The quantitative estimate of drug-likeness (QED) is 0.642. The lowest BCUT2D eigenvalue weighted by Crippen LogP contribution is -2.32. The second kappa shape index (κ2) is 6.49. The number of benzene rings is 2. The van der Waals surface area contributed by atoms with Gasteiger partial charge in [-0.05, 0) is 49.6 Å². The van der Waals surface area contributed by atoms with Crippen molar-refractivity contribution in [3.05, 3.63) is 60.2 Å². The lowest BCUT2D eigenvalue weighted by atomic mass is 9.80. The van der Waals surface area contributed by atoms with Gasteiger partial charge in [0.05, 0.1) is 18.2 Å². The fourth-order valence-electron chi connectivity index (χ4n) is 4.37. The molecule has 0 fully saturated rings. The Morgan fingerprint density at radius 3 is 2.74 bits per heavy atom. The van der Waals surface area contributed by atoms with Crippen molar-refractivity contribution in [1.29, 1.82) is 0 Å². The van der Waals surface area contributed by atoms with E-state index < -0.39 is 0 Å². The van der Waals surface area contributed by atoms with Crippen LogP contribution in [0.5, 0.6) is 11.5 Å². The van der Waals surface area contributed by atoms with Crippen molar-refractivity contribution in [1.82, 2.24) is 0 Å². The van der Waals surface area contributed by atoms with E-state index in [1.54, 1.807) is 7.11 Å². The van der Waals surface area contributed by atoms with Gasteiger partial charge in [0.1, 0.15) is 17.6 Å².